The Morgan fingerprint density at radius 3 is 2.43 bits per heavy atom. The van der Waals surface area contributed by atoms with Crippen molar-refractivity contribution in [2.45, 2.75) is 19.1 Å². The minimum absolute atomic E-state index is 0.202. The average molecular weight is 536 g/mol. The van der Waals surface area contributed by atoms with Gasteiger partial charge in [-0.05, 0) is 35.4 Å². The van der Waals surface area contributed by atoms with Gasteiger partial charge in [0, 0.05) is 17.0 Å². The summed E-state index contributed by atoms with van der Waals surface area (Å²) in [6.45, 7) is 0.258. The Balaban J connectivity index is 1.56. The normalized spacial score (nSPS) is 11.6. The van der Waals surface area contributed by atoms with Crippen LogP contribution in [0.2, 0.25) is 0 Å². The number of fused-ring (bicyclic) bond motifs is 1. The standard InChI is InChI=1S/C27H22BrNO6/c1-33-27(32)20(14-17-6-3-2-4-7-17)29-26(31)24-15-21(30)25-22(8-5-9-23(25)35-24)34-16-18-10-12-19(28)13-11-18/h2-13,15,20H,14,16H2,1H3,(H,29,31)/t20-/m0/s1. The zero-order chi connectivity index (χ0) is 24.8. The second kappa shape index (κ2) is 11.0. The molecule has 0 unspecified atom stereocenters. The number of carbonyl (C=O) groups excluding carboxylic acids is 2. The zero-order valence-electron chi connectivity index (χ0n) is 18.8. The smallest absolute Gasteiger partial charge is 0.328 e. The SMILES string of the molecule is COC(=O)[C@H](Cc1ccccc1)NC(=O)c1cc(=O)c2c(OCc3ccc(Br)cc3)cccc2o1. The number of benzene rings is 3. The van der Waals surface area contributed by atoms with Gasteiger partial charge in [-0.15, -0.1) is 0 Å². The Morgan fingerprint density at radius 2 is 1.71 bits per heavy atom. The quantitative estimate of drug-likeness (QED) is 0.330. The van der Waals surface area contributed by atoms with Crippen LogP contribution in [0.4, 0.5) is 0 Å². The van der Waals surface area contributed by atoms with E-state index in [9.17, 15) is 14.4 Å². The van der Waals surface area contributed by atoms with Gasteiger partial charge in [0.25, 0.3) is 5.91 Å². The van der Waals surface area contributed by atoms with Crippen molar-refractivity contribution in [3.63, 3.8) is 0 Å². The van der Waals surface area contributed by atoms with Crippen LogP contribution in [0.5, 0.6) is 5.75 Å². The Hall–Kier alpha value is -3.91. The van der Waals surface area contributed by atoms with E-state index in [-0.39, 0.29) is 29.8 Å². The third-order valence-corrected chi connectivity index (χ3v) is 5.85. The molecular weight excluding hydrogens is 514 g/mol. The fraction of sp³-hybridized carbons (Fsp3) is 0.148. The van der Waals surface area contributed by atoms with Crippen LogP contribution in [-0.2, 0) is 22.6 Å². The lowest BCUT2D eigenvalue weighted by Gasteiger charge is -2.16. The molecule has 0 aliphatic heterocycles. The summed E-state index contributed by atoms with van der Waals surface area (Å²) in [4.78, 5) is 38.1. The maximum absolute atomic E-state index is 12.9. The van der Waals surface area contributed by atoms with Crippen LogP contribution in [-0.4, -0.2) is 25.0 Å². The van der Waals surface area contributed by atoms with E-state index in [2.05, 4.69) is 21.2 Å². The van der Waals surface area contributed by atoms with Crippen molar-refractivity contribution in [1.29, 1.82) is 0 Å². The summed E-state index contributed by atoms with van der Waals surface area (Å²) < 4.78 is 17.4. The first-order chi connectivity index (χ1) is 16.9. The largest absolute Gasteiger partial charge is 0.488 e. The van der Waals surface area contributed by atoms with E-state index in [4.69, 9.17) is 13.9 Å². The summed E-state index contributed by atoms with van der Waals surface area (Å²) in [7, 11) is 1.25. The van der Waals surface area contributed by atoms with E-state index in [1.807, 2.05) is 54.6 Å². The minimum Gasteiger partial charge on any atom is -0.488 e. The molecular formula is C27H22BrNO6. The van der Waals surface area contributed by atoms with Crippen LogP contribution in [0.25, 0.3) is 11.0 Å². The number of hydrogen-bond donors (Lipinski definition) is 1. The molecule has 3 aromatic carbocycles. The highest BCUT2D eigenvalue weighted by Gasteiger charge is 2.24. The minimum atomic E-state index is -0.948. The van der Waals surface area contributed by atoms with Crippen molar-refractivity contribution in [3.05, 3.63) is 110 Å². The van der Waals surface area contributed by atoms with Crippen molar-refractivity contribution in [2.24, 2.45) is 0 Å². The molecule has 1 atom stereocenters. The highest BCUT2D eigenvalue weighted by atomic mass is 79.9. The first-order valence-electron chi connectivity index (χ1n) is 10.8. The third kappa shape index (κ3) is 5.96. The van der Waals surface area contributed by atoms with Gasteiger partial charge in [-0.2, -0.15) is 0 Å². The molecule has 0 spiro atoms. The number of amides is 1. The highest BCUT2D eigenvalue weighted by Crippen LogP contribution is 2.24. The fourth-order valence-corrected chi connectivity index (χ4v) is 3.83. The van der Waals surface area contributed by atoms with Gasteiger partial charge in [0.1, 0.15) is 29.4 Å². The summed E-state index contributed by atoms with van der Waals surface area (Å²) in [5.74, 6) is -1.16. The van der Waals surface area contributed by atoms with Gasteiger partial charge < -0.3 is 19.2 Å². The fourth-order valence-electron chi connectivity index (χ4n) is 3.57. The Labute approximate surface area is 209 Å². The molecule has 1 amide bonds. The summed E-state index contributed by atoms with van der Waals surface area (Å²) in [5.41, 5.74) is 1.54. The first kappa shape index (κ1) is 24.2. The van der Waals surface area contributed by atoms with Gasteiger partial charge >= 0.3 is 5.97 Å². The zero-order valence-corrected chi connectivity index (χ0v) is 20.4. The number of methoxy groups -OCH3 is 1. The van der Waals surface area contributed by atoms with Gasteiger partial charge in [0.2, 0.25) is 0 Å². The molecule has 0 aliphatic carbocycles. The second-order valence-corrected chi connectivity index (χ2v) is 8.67. The molecule has 0 fully saturated rings. The Morgan fingerprint density at radius 1 is 0.971 bits per heavy atom. The van der Waals surface area contributed by atoms with Crippen molar-refractivity contribution >= 4 is 38.8 Å². The predicted molar refractivity (Wildman–Crippen MR) is 134 cm³/mol. The Bertz CT molecular complexity index is 1400. The molecule has 7 nitrogen and oxygen atoms in total. The molecule has 0 radical (unpaired) electrons. The van der Waals surface area contributed by atoms with E-state index in [0.29, 0.717) is 5.75 Å². The molecule has 1 aromatic heterocycles. The molecule has 178 valence electrons. The molecule has 0 aliphatic rings. The number of nitrogens with one attached hydrogen (secondary N) is 1. The molecule has 0 saturated heterocycles. The van der Waals surface area contributed by atoms with Crippen LogP contribution < -0.4 is 15.5 Å². The summed E-state index contributed by atoms with van der Waals surface area (Å²) in [6.07, 6.45) is 0.227. The summed E-state index contributed by atoms with van der Waals surface area (Å²) in [6, 6.07) is 21.9. The molecule has 1 heterocycles. The molecule has 35 heavy (non-hydrogen) atoms. The Kier molecular flexibility index (Phi) is 7.62. The van der Waals surface area contributed by atoms with Gasteiger partial charge in [0.05, 0.1) is 7.11 Å². The van der Waals surface area contributed by atoms with E-state index >= 15 is 0 Å². The summed E-state index contributed by atoms with van der Waals surface area (Å²) >= 11 is 3.39. The van der Waals surface area contributed by atoms with Crippen molar-refractivity contribution in [1.82, 2.24) is 5.32 Å². The lowest BCUT2D eigenvalue weighted by molar-refractivity contribution is -0.142. The van der Waals surface area contributed by atoms with E-state index in [1.165, 1.54) is 7.11 Å². The van der Waals surface area contributed by atoms with E-state index < -0.39 is 23.3 Å². The first-order valence-corrected chi connectivity index (χ1v) is 11.6. The number of hydrogen-bond acceptors (Lipinski definition) is 6. The van der Waals surface area contributed by atoms with Gasteiger partial charge in [-0.25, -0.2) is 4.79 Å². The number of rotatable bonds is 8. The highest BCUT2D eigenvalue weighted by molar-refractivity contribution is 9.10. The molecule has 0 saturated carbocycles. The lowest BCUT2D eigenvalue weighted by Crippen LogP contribution is -2.43. The van der Waals surface area contributed by atoms with Gasteiger partial charge in [0.15, 0.2) is 11.2 Å². The third-order valence-electron chi connectivity index (χ3n) is 5.32. The van der Waals surface area contributed by atoms with Crippen molar-refractivity contribution < 1.29 is 23.5 Å². The van der Waals surface area contributed by atoms with Gasteiger partial charge in [-0.1, -0.05) is 64.5 Å². The topological polar surface area (TPSA) is 94.8 Å². The number of ether oxygens (including phenoxy) is 2. The maximum Gasteiger partial charge on any atom is 0.328 e. The molecule has 8 heteroatoms. The van der Waals surface area contributed by atoms with Crippen molar-refractivity contribution in [3.8, 4) is 5.75 Å². The monoisotopic (exact) mass is 535 g/mol. The average Bonchev–Trinajstić information content (AvgIpc) is 2.87. The number of esters is 1. The van der Waals surface area contributed by atoms with E-state index in [0.717, 1.165) is 21.7 Å². The molecule has 1 N–H and O–H groups in total. The lowest BCUT2D eigenvalue weighted by atomic mass is 10.1. The van der Waals surface area contributed by atoms with Crippen LogP contribution in [0, 0.1) is 0 Å². The van der Waals surface area contributed by atoms with Crippen LogP contribution in [0.1, 0.15) is 21.7 Å². The maximum atomic E-state index is 12.9. The molecule has 4 aromatic rings. The predicted octanol–water partition coefficient (Wildman–Crippen LogP) is 4.65. The second-order valence-electron chi connectivity index (χ2n) is 7.76. The number of carbonyl (C=O) groups is 2. The summed E-state index contributed by atoms with van der Waals surface area (Å²) in [5, 5.41) is 2.84. The van der Waals surface area contributed by atoms with E-state index in [1.54, 1.807) is 18.2 Å². The molecule has 4 rings (SSSR count). The van der Waals surface area contributed by atoms with Crippen LogP contribution in [0.15, 0.2) is 92.5 Å². The number of halogens is 1. The molecule has 0 bridgehead atoms. The van der Waals surface area contributed by atoms with Crippen molar-refractivity contribution in [2.75, 3.05) is 7.11 Å². The van der Waals surface area contributed by atoms with Crippen LogP contribution in [0.3, 0.4) is 0 Å². The van der Waals surface area contributed by atoms with Crippen LogP contribution >= 0.6 is 15.9 Å². The van der Waals surface area contributed by atoms with Gasteiger partial charge in [-0.3, -0.25) is 9.59 Å².